The minimum absolute atomic E-state index is 0.271. The van der Waals surface area contributed by atoms with Gasteiger partial charge in [-0.1, -0.05) is 36.4 Å². The van der Waals surface area contributed by atoms with Crippen LogP contribution in [0, 0.1) is 0 Å². The van der Waals surface area contributed by atoms with Crippen molar-refractivity contribution in [1.29, 1.82) is 0 Å². The lowest BCUT2D eigenvalue weighted by atomic mass is 10.1. The number of aryl methyl sites for hydroxylation is 2. The lowest BCUT2D eigenvalue weighted by Crippen LogP contribution is -2.37. The minimum atomic E-state index is -0.364. The molecular weight excluding hydrogens is 354 g/mol. The molecule has 0 amide bonds. The summed E-state index contributed by atoms with van der Waals surface area (Å²) in [5.41, 5.74) is 1.48. The van der Waals surface area contributed by atoms with Crippen molar-refractivity contribution >= 4 is 11.2 Å². The Morgan fingerprint density at radius 2 is 1.89 bits per heavy atom. The van der Waals surface area contributed by atoms with Gasteiger partial charge in [-0.25, -0.2) is 9.78 Å². The summed E-state index contributed by atoms with van der Waals surface area (Å²) in [6.07, 6.45) is 4.41. The zero-order chi connectivity index (χ0) is 20.3. The van der Waals surface area contributed by atoms with Crippen LogP contribution in [0.4, 0.5) is 0 Å². The lowest BCUT2D eigenvalue weighted by Gasteiger charge is -2.28. The number of hydrogen-bond donors (Lipinski definition) is 0. The number of aromatic nitrogens is 4. The number of hydrogen-bond acceptors (Lipinski definition) is 4. The molecule has 3 aromatic rings. The van der Waals surface area contributed by atoms with E-state index in [1.807, 2.05) is 16.7 Å². The molecule has 7 nitrogen and oxygen atoms in total. The standard InChI is InChI=1S/C21H27N5O2/c1-5-12-25(16(2)17-10-7-6-8-11-17)13-9-14-26-15-22-19-18(26)20(27)24(4)21(28)23(19)3/h5-8,10-11,15-16H,1,9,12-14H2,2-4H3. The predicted molar refractivity (Wildman–Crippen MR) is 111 cm³/mol. The fourth-order valence-corrected chi connectivity index (χ4v) is 3.56. The Morgan fingerprint density at radius 1 is 1.18 bits per heavy atom. The molecule has 0 spiro atoms. The Kier molecular flexibility index (Phi) is 5.94. The van der Waals surface area contributed by atoms with E-state index in [1.54, 1.807) is 13.4 Å². The summed E-state index contributed by atoms with van der Waals surface area (Å²) in [4.78, 5) is 31.2. The van der Waals surface area contributed by atoms with Crippen molar-refractivity contribution in [2.75, 3.05) is 13.1 Å². The first-order valence-electron chi connectivity index (χ1n) is 9.46. The van der Waals surface area contributed by atoms with E-state index in [1.165, 1.54) is 17.2 Å². The van der Waals surface area contributed by atoms with Gasteiger partial charge in [0, 0.05) is 39.8 Å². The van der Waals surface area contributed by atoms with Crippen molar-refractivity contribution in [3.05, 3.63) is 75.7 Å². The van der Waals surface area contributed by atoms with Gasteiger partial charge in [0.2, 0.25) is 0 Å². The lowest BCUT2D eigenvalue weighted by molar-refractivity contribution is 0.227. The Morgan fingerprint density at radius 3 is 2.57 bits per heavy atom. The number of imidazole rings is 1. The number of rotatable bonds is 8. The molecule has 0 saturated heterocycles. The van der Waals surface area contributed by atoms with Crippen LogP contribution in [-0.2, 0) is 20.6 Å². The third-order valence-electron chi connectivity index (χ3n) is 5.25. The topological polar surface area (TPSA) is 65.1 Å². The molecular formula is C21H27N5O2. The minimum Gasteiger partial charge on any atom is -0.325 e. The van der Waals surface area contributed by atoms with Crippen LogP contribution in [0.1, 0.15) is 24.9 Å². The summed E-state index contributed by atoms with van der Waals surface area (Å²) in [7, 11) is 3.13. The fraction of sp³-hybridized carbons (Fsp3) is 0.381. The monoisotopic (exact) mass is 381 g/mol. The maximum atomic E-state index is 12.5. The van der Waals surface area contributed by atoms with Gasteiger partial charge in [-0.2, -0.15) is 0 Å². The highest BCUT2D eigenvalue weighted by Crippen LogP contribution is 2.20. The van der Waals surface area contributed by atoms with E-state index in [0.29, 0.717) is 17.7 Å². The first-order valence-corrected chi connectivity index (χ1v) is 9.46. The highest BCUT2D eigenvalue weighted by atomic mass is 16.2. The smallest absolute Gasteiger partial charge is 0.325 e. The largest absolute Gasteiger partial charge is 0.332 e. The van der Waals surface area contributed by atoms with E-state index in [2.05, 4.69) is 47.7 Å². The SMILES string of the molecule is C=CCN(CCCn1cnc2c1c(=O)n(C)c(=O)n2C)C(C)c1ccccc1. The van der Waals surface area contributed by atoms with Crippen LogP contribution in [0.15, 0.2) is 58.9 Å². The summed E-state index contributed by atoms with van der Waals surface area (Å²) in [5, 5.41) is 0. The molecule has 0 bridgehead atoms. The molecule has 0 aliphatic carbocycles. The summed E-state index contributed by atoms with van der Waals surface area (Å²) in [6.45, 7) is 8.37. The Balaban J connectivity index is 1.77. The molecule has 0 aliphatic heterocycles. The molecule has 2 heterocycles. The van der Waals surface area contributed by atoms with Crippen LogP contribution < -0.4 is 11.2 Å². The van der Waals surface area contributed by atoms with Gasteiger partial charge in [-0.3, -0.25) is 18.8 Å². The molecule has 0 N–H and O–H groups in total. The van der Waals surface area contributed by atoms with Crippen LogP contribution >= 0.6 is 0 Å². The van der Waals surface area contributed by atoms with Crippen molar-refractivity contribution < 1.29 is 0 Å². The van der Waals surface area contributed by atoms with Crippen LogP contribution in [0.25, 0.3) is 11.2 Å². The molecule has 1 unspecified atom stereocenters. The van der Waals surface area contributed by atoms with Gasteiger partial charge in [0.15, 0.2) is 11.2 Å². The molecule has 1 aromatic carbocycles. The fourth-order valence-electron chi connectivity index (χ4n) is 3.56. The molecule has 148 valence electrons. The number of fused-ring (bicyclic) bond motifs is 1. The molecule has 1 atom stereocenters. The van der Waals surface area contributed by atoms with Gasteiger partial charge in [-0.15, -0.1) is 6.58 Å². The molecule has 0 saturated carbocycles. The molecule has 0 aliphatic rings. The van der Waals surface area contributed by atoms with Crippen LogP contribution in [0.5, 0.6) is 0 Å². The normalized spacial score (nSPS) is 12.6. The van der Waals surface area contributed by atoms with E-state index in [0.717, 1.165) is 24.1 Å². The average Bonchev–Trinajstić information content (AvgIpc) is 3.14. The molecule has 0 radical (unpaired) electrons. The first-order chi connectivity index (χ1) is 13.5. The summed E-state index contributed by atoms with van der Waals surface area (Å²) >= 11 is 0. The van der Waals surface area contributed by atoms with Gasteiger partial charge < -0.3 is 4.57 Å². The van der Waals surface area contributed by atoms with Crippen molar-refractivity contribution in [2.24, 2.45) is 14.1 Å². The average molecular weight is 381 g/mol. The van der Waals surface area contributed by atoms with E-state index in [-0.39, 0.29) is 17.3 Å². The van der Waals surface area contributed by atoms with Gasteiger partial charge in [-0.05, 0) is 18.9 Å². The van der Waals surface area contributed by atoms with E-state index >= 15 is 0 Å². The van der Waals surface area contributed by atoms with Crippen molar-refractivity contribution in [3.63, 3.8) is 0 Å². The number of benzene rings is 1. The van der Waals surface area contributed by atoms with E-state index < -0.39 is 0 Å². The number of nitrogens with zero attached hydrogens (tertiary/aromatic N) is 5. The van der Waals surface area contributed by atoms with Gasteiger partial charge in [0.1, 0.15) is 0 Å². The van der Waals surface area contributed by atoms with Gasteiger partial charge >= 0.3 is 5.69 Å². The Hall–Kier alpha value is -2.93. The summed E-state index contributed by atoms with van der Waals surface area (Å²) < 4.78 is 4.38. The highest BCUT2D eigenvalue weighted by molar-refractivity contribution is 5.69. The second kappa shape index (κ2) is 8.39. The highest BCUT2D eigenvalue weighted by Gasteiger charge is 2.16. The third-order valence-corrected chi connectivity index (χ3v) is 5.25. The maximum Gasteiger partial charge on any atom is 0.332 e. The van der Waals surface area contributed by atoms with Crippen LogP contribution in [0.2, 0.25) is 0 Å². The van der Waals surface area contributed by atoms with Crippen molar-refractivity contribution in [2.45, 2.75) is 25.9 Å². The first kappa shape index (κ1) is 19.8. The van der Waals surface area contributed by atoms with Gasteiger partial charge in [0.25, 0.3) is 5.56 Å². The molecule has 28 heavy (non-hydrogen) atoms. The van der Waals surface area contributed by atoms with E-state index in [4.69, 9.17) is 0 Å². The van der Waals surface area contributed by atoms with Crippen LogP contribution in [-0.4, -0.2) is 36.7 Å². The summed E-state index contributed by atoms with van der Waals surface area (Å²) in [5.74, 6) is 0. The van der Waals surface area contributed by atoms with Crippen LogP contribution in [0.3, 0.4) is 0 Å². The summed E-state index contributed by atoms with van der Waals surface area (Å²) in [6, 6.07) is 10.7. The van der Waals surface area contributed by atoms with Gasteiger partial charge in [0.05, 0.1) is 6.33 Å². The van der Waals surface area contributed by atoms with Crippen molar-refractivity contribution in [3.8, 4) is 0 Å². The second-order valence-electron chi connectivity index (χ2n) is 7.04. The van der Waals surface area contributed by atoms with E-state index in [9.17, 15) is 9.59 Å². The molecule has 0 fully saturated rings. The predicted octanol–water partition coefficient (Wildman–Crippen LogP) is 2.07. The third kappa shape index (κ3) is 3.71. The quantitative estimate of drug-likeness (QED) is 0.561. The molecule has 7 heteroatoms. The molecule has 3 rings (SSSR count). The maximum absolute atomic E-state index is 12.5. The second-order valence-corrected chi connectivity index (χ2v) is 7.04. The molecule has 2 aromatic heterocycles. The Bertz CT molecular complexity index is 1080. The Labute approximate surface area is 164 Å². The zero-order valence-electron chi connectivity index (χ0n) is 16.7. The zero-order valence-corrected chi connectivity index (χ0v) is 16.7. The van der Waals surface area contributed by atoms with Crippen molar-refractivity contribution in [1.82, 2.24) is 23.6 Å².